The van der Waals surface area contributed by atoms with Crippen LogP contribution in [-0.4, -0.2) is 36.6 Å². The number of ketones is 1. The van der Waals surface area contributed by atoms with Gasteiger partial charge in [0.1, 0.15) is 5.78 Å². The van der Waals surface area contributed by atoms with Gasteiger partial charge in [0, 0.05) is 64.0 Å². The monoisotopic (exact) mass is 576 g/mol. The first kappa shape index (κ1) is 31.8. The Kier molecular flexibility index (Phi) is 34.8. The molecule has 21 heavy (non-hydrogen) atoms. The molecule has 1 heterocycles. The van der Waals surface area contributed by atoms with Gasteiger partial charge in [-0.25, -0.2) is 0 Å². The van der Waals surface area contributed by atoms with E-state index in [1.165, 1.54) is 13.8 Å². The fourth-order valence-corrected chi connectivity index (χ4v) is 0.967. The van der Waals surface area contributed by atoms with E-state index in [4.69, 9.17) is 0 Å². The first-order chi connectivity index (χ1) is 8.91. The average Bonchev–Trinajstić information content (AvgIpc) is 2.31. The van der Waals surface area contributed by atoms with Crippen molar-refractivity contribution >= 4 is 60.8 Å². The Balaban J connectivity index is -0.0000000490. The average molecular weight is 576 g/mol. The van der Waals surface area contributed by atoms with Crippen LogP contribution in [0, 0.1) is 0 Å². The van der Waals surface area contributed by atoms with E-state index in [1.54, 1.807) is 6.92 Å². The van der Waals surface area contributed by atoms with Gasteiger partial charge in [-0.2, -0.15) is 0 Å². The first-order valence-corrected chi connectivity index (χ1v) is 11.8. The summed E-state index contributed by atoms with van der Waals surface area (Å²) in [6.07, 6.45) is 0.858. The number of cyclic esters (lactones) is 1. The zero-order valence-electron chi connectivity index (χ0n) is 15.2. The molecule has 0 radical (unpaired) electrons. The van der Waals surface area contributed by atoms with Gasteiger partial charge in [-0.3, -0.25) is 19.4 Å². The van der Waals surface area contributed by atoms with E-state index in [-0.39, 0.29) is 123 Å². The summed E-state index contributed by atoms with van der Waals surface area (Å²) < 4.78 is 4.60. The second-order valence-corrected chi connectivity index (χ2v) is 3.56. The molecule has 1 aliphatic rings. The van der Waals surface area contributed by atoms with Crippen LogP contribution >= 0.6 is 37.2 Å². The van der Waals surface area contributed by atoms with Crippen molar-refractivity contribution in [2.75, 3.05) is 13.1 Å². The van der Waals surface area contributed by atoms with E-state index >= 15 is 0 Å². The first-order valence-electron chi connectivity index (χ1n) is 5.51. The number of ether oxygens (including phenoxy) is 1. The summed E-state index contributed by atoms with van der Waals surface area (Å²) in [7, 11) is 0. The Morgan fingerprint density at radius 2 is 1.86 bits per heavy atom. The molecule has 0 saturated carbocycles. The third kappa shape index (κ3) is 28.1. The minimum Gasteiger partial charge on any atom is -1.00 e. The van der Waals surface area contributed by atoms with Crippen molar-refractivity contribution < 1.29 is 125 Å². The number of hydrogen-bond donors (Lipinski definition) is 1. The molecule has 1 aliphatic heterocycles. The molecule has 0 atom stereocenters. The van der Waals surface area contributed by atoms with Crippen LogP contribution in [0.5, 0.6) is 0 Å². The van der Waals surface area contributed by atoms with Gasteiger partial charge in [0.05, 0.1) is 13.0 Å². The Morgan fingerprint density at radius 3 is 2.14 bits per heavy atom. The van der Waals surface area contributed by atoms with E-state index in [2.05, 4.69) is 52.3 Å². The molecule has 1 amide bonds. The van der Waals surface area contributed by atoms with Crippen LogP contribution in [-0.2, 0) is 19.1 Å². The van der Waals surface area contributed by atoms with E-state index in [1.807, 2.05) is 0 Å². The van der Waals surface area contributed by atoms with Gasteiger partial charge in [0.25, 0.3) is 0 Å². The normalized spacial score (nSPS) is 11.5. The smallest absolute Gasteiger partial charge is 1.00 e. The summed E-state index contributed by atoms with van der Waals surface area (Å²) >= 11 is 4.24. The predicted molar refractivity (Wildman–Crippen MR) is 92.9 cm³/mol. The number of aliphatic imine (C=N–C) groups is 1. The molecule has 0 bridgehead atoms. The zero-order valence-corrected chi connectivity index (χ0v) is 23.7. The Morgan fingerprint density at radius 1 is 1.33 bits per heavy atom. The van der Waals surface area contributed by atoms with Gasteiger partial charge in [0.2, 0.25) is 5.91 Å². The van der Waals surface area contributed by atoms with Crippen LogP contribution < -0.4 is 108 Å². The van der Waals surface area contributed by atoms with Crippen LogP contribution in [0.4, 0.5) is 0 Å². The number of nitrogens with one attached hydrogen (secondary N) is 1. The number of Topliss-reactive ketones (excluding diaryl/α,β-unsaturated/α-hetero) is 1. The van der Waals surface area contributed by atoms with Crippen LogP contribution in [0.3, 0.4) is 0 Å². The van der Waals surface area contributed by atoms with Crippen molar-refractivity contribution in [1.82, 2.24) is 5.32 Å². The Bertz CT molecular complexity index is 338. The maximum atomic E-state index is 10.4. The van der Waals surface area contributed by atoms with Gasteiger partial charge in [-0.1, -0.05) is 0 Å². The number of esters is 1. The van der Waals surface area contributed by atoms with Gasteiger partial charge in [0.15, 0.2) is 5.90 Å². The summed E-state index contributed by atoms with van der Waals surface area (Å²) in [5.41, 5.74) is 0. The second kappa shape index (κ2) is 23.0. The van der Waals surface area contributed by atoms with E-state index < -0.39 is 0 Å². The van der Waals surface area contributed by atoms with Crippen molar-refractivity contribution in [1.29, 1.82) is 0 Å². The number of halogens is 2. The molecule has 10 heteroatoms. The molecule has 0 saturated heterocycles. The molecule has 6 nitrogen and oxygen atoms in total. The van der Waals surface area contributed by atoms with Crippen LogP contribution in [0.15, 0.2) is 4.99 Å². The molecule has 0 fully saturated rings. The maximum Gasteiger partial charge on any atom is 1.00 e. The quantitative estimate of drug-likeness (QED) is 0.215. The van der Waals surface area contributed by atoms with Crippen LogP contribution in [0.1, 0.15) is 36.5 Å². The van der Waals surface area contributed by atoms with Crippen LogP contribution in [0.25, 0.3) is 0 Å². The van der Waals surface area contributed by atoms with Crippen molar-refractivity contribution in [3.8, 4) is 0 Å². The van der Waals surface area contributed by atoms with Crippen LogP contribution in [0.2, 0.25) is 0 Å². The Labute approximate surface area is 237 Å². The molecule has 0 aromatic heterocycles. The molecule has 0 aliphatic carbocycles. The van der Waals surface area contributed by atoms with E-state index in [0.29, 0.717) is 31.8 Å². The van der Waals surface area contributed by atoms with E-state index in [0.717, 1.165) is 0 Å². The summed E-state index contributed by atoms with van der Waals surface area (Å²) in [6.45, 7) is 5.66. The van der Waals surface area contributed by atoms with Gasteiger partial charge < -0.3 is 12.9 Å². The number of carbonyl (C=O) groups is 3. The molecule has 0 aromatic carbocycles. The topological polar surface area (TPSA) is 84.8 Å². The van der Waals surface area contributed by atoms with Crippen molar-refractivity contribution in [2.24, 2.45) is 4.99 Å². The molecule has 0 spiro atoms. The third-order valence-corrected chi connectivity index (χ3v) is 1.76. The fraction of sp³-hybridized carbons (Fsp3) is 0.636. The van der Waals surface area contributed by atoms with Crippen molar-refractivity contribution in [3.63, 3.8) is 0 Å². The van der Waals surface area contributed by atoms with Crippen molar-refractivity contribution in [2.45, 2.75) is 33.6 Å². The largest absolute Gasteiger partial charge is 1.00 e. The van der Waals surface area contributed by atoms with Gasteiger partial charge in [-0.15, -0.1) is 0 Å². The van der Waals surface area contributed by atoms with Gasteiger partial charge in [-0.05, 0) is 6.92 Å². The minimum absolute atomic E-state index is 0. The maximum absolute atomic E-state index is 10.4. The molecule has 0 aromatic rings. The Hall–Kier alpha value is 3.01. The van der Waals surface area contributed by atoms with Gasteiger partial charge >= 0.3 is 109 Å². The van der Waals surface area contributed by atoms with Crippen molar-refractivity contribution in [3.05, 3.63) is 0 Å². The SMILES string of the molecule is CC(=O)CCNC(C)=O.CC1=NCCC(=O)O1.II.[H-].[H-].[K+].[K+]. The third-order valence-electron chi connectivity index (χ3n) is 1.76. The molecular weight excluding hydrogens is 556 g/mol. The summed E-state index contributed by atoms with van der Waals surface area (Å²) in [6, 6.07) is 0. The zero-order chi connectivity index (χ0) is 15.3. The second-order valence-electron chi connectivity index (χ2n) is 3.56. The minimum atomic E-state index is -0.169. The summed E-state index contributed by atoms with van der Waals surface area (Å²) in [5.74, 6) is 0.332. The number of rotatable bonds is 3. The molecule has 1 rings (SSSR count). The predicted octanol–water partition coefficient (Wildman–Crippen LogP) is -3.54. The molecule has 114 valence electrons. The van der Waals surface area contributed by atoms with E-state index in [9.17, 15) is 14.4 Å². The molecule has 1 N–H and O–H groups in total. The number of amides is 1. The standard InChI is InChI=1S/C6H11NO2.C5H7NO2.I2.2K.2H/c1-5(8)3-4-7-6(2)9;1-4-6-3-2-5(7)8-4;1-2;;;;/h3-4H2,1-2H3,(H,7,9);2-3H2,1H3;;;;;/q;;;2*+1;2*-1. The number of carbonyl (C=O) groups excluding carboxylic acids is 3. The summed E-state index contributed by atoms with van der Waals surface area (Å²) in [5, 5.41) is 2.52. The number of nitrogens with zero attached hydrogens (tertiary/aromatic N) is 1. The summed E-state index contributed by atoms with van der Waals surface area (Å²) in [4.78, 5) is 34.7. The number of hydrogen-bond acceptors (Lipinski definition) is 5. The molecule has 0 unspecified atom stereocenters. The molecular formula is C11H20I2K2N2O4. The fourth-order valence-electron chi connectivity index (χ4n) is 0.967.